The highest BCUT2D eigenvalue weighted by Gasteiger charge is 2.47. The predicted molar refractivity (Wildman–Crippen MR) is 150 cm³/mol. The number of hydrogen-bond acceptors (Lipinski definition) is 8. The summed E-state index contributed by atoms with van der Waals surface area (Å²) in [4.78, 5) is 31.3. The van der Waals surface area contributed by atoms with Crippen LogP contribution in [-0.2, 0) is 29.2 Å². The van der Waals surface area contributed by atoms with Crippen molar-refractivity contribution in [2.45, 2.75) is 36.7 Å². The van der Waals surface area contributed by atoms with Crippen LogP contribution in [0.5, 0.6) is 0 Å². The number of rotatable bonds is 9. The number of ether oxygens (including phenoxy) is 1. The molecule has 4 rings (SSSR count). The third-order valence-electron chi connectivity index (χ3n) is 6.64. The van der Waals surface area contributed by atoms with Crippen LogP contribution in [0.2, 0.25) is 0 Å². The molecule has 1 aliphatic heterocycles. The summed E-state index contributed by atoms with van der Waals surface area (Å²) < 4.78 is 28.9. The molecule has 40 heavy (non-hydrogen) atoms. The second kappa shape index (κ2) is 11.3. The van der Waals surface area contributed by atoms with E-state index in [1.807, 2.05) is 0 Å². The third-order valence-corrected chi connectivity index (χ3v) is 7.61. The minimum atomic E-state index is -3.95. The molecule has 11 nitrogen and oxygen atoms in total. The number of sulfonamides is 1. The van der Waals surface area contributed by atoms with E-state index in [1.54, 1.807) is 67.6 Å². The maximum atomic E-state index is 13.7. The van der Waals surface area contributed by atoms with Gasteiger partial charge >= 0.3 is 5.97 Å². The third kappa shape index (κ3) is 6.03. The van der Waals surface area contributed by atoms with Gasteiger partial charge in [-0.15, -0.1) is 0 Å². The van der Waals surface area contributed by atoms with Crippen molar-refractivity contribution in [3.8, 4) is 11.1 Å². The number of hydrogen-bond donors (Lipinski definition) is 4. The molecule has 6 N–H and O–H groups in total. The number of aryl methyl sites for hydroxylation is 1. The Bertz CT molecular complexity index is 1640. The van der Waals surface area contributed by atoms with Crippen LogP contribution in [0, 0.1) is 12.3 Å². The van der Waals surface area contributed by atoms with Gasteiger partial charge in [-0.2, -0.15) is 0 Å². The van der Waals surface area contributed by atoms with Gasteiger partial charge in [0.15, 0.2) is 0 Å². The van der Waals surface area contributed by atoms with Gasteiger partial charge in [-0.3, -0.25) is 15.0 Å². The first-order valence-corrected chi connectivity index (χ1v) is 13.8. The second-order valence-corrected chi connectivity index (χ2v) is 10.9. The number of amides is 1. The number of carbonyl (C=O) groups is 2. The molecule has 0 saturated heterocycles. The van der Waals surface area contributed by atoms with Crippen molar-refractivity contribution < 1.29 is 27.6 Å². The van der Waals surface area contributed by atoms with E-state index in [0.717, 1.165) is 0 Å². The number of oxime groups is 1. The Labute approximate surface area is 231 Å². The van der Waals surface area contributed by atoms with Crippen molar-refractivity contribution in [2.75, 3.05) is 12.4 Å². The number of amidine groups is 1. The van der Waals surface area contributed by atoms with Gasteiger partial charge in [0.1, 0.15) is 5.84 Å². The van der Waals surface area contributed by atoms with Crippen molar-refractivity contribution in [2.24, 2.45) is 16.0 Å². The number of primary sulfonamides is 1. The molecule has 1 atom stereocenters. The molecular formula is C28H29N5O6S. The van der Waals surface area contributed by atoms with E-state index in [0.29, 0.717) is 39.2 Å². The van der Waals surface area contributed by atoms with Crippen LogP contribution < -0.4 is 16.2 Å². The fourth-order valence-corrected chi connectivity index (χ4v) is 5.20. The van der Waals surface area contributed by atoms with E-state index in [2.05, 4.69) is 10.5 Å². The van der Waals surface area contributed by atoms with Gasteiger partial charge in [0, 0.05) is 41.6 Å². The molecule has 3 aromatic carbocycles. The van der Waals surface area contributed by atoms with Crippen molar-refractivity contribution in [1.29, 1.82) is 5.41 Å². The molecule has 1 unspecified atom stereocenters. The number of nitrogens with one attached hydrogen (secondary N) is 2. The van der Waals surface area contributed by atoms with Crippen LogP contribution in [0.15, 0.2) is 76.8 Å². The lowest BCUT2D eigenvalue weighted by Gasteiger charge is -2.25. The zero-order valence-electron chi connectivity index (χ0n) is 21.9. The minimum Gasteiger partial charge on any atom is -0.469 e. The molecule has 0 fully saturated rings. The molecule has 0 aliphatic carbocycles. The Kier molecular flexibility index (Phi) is 8.03. The zero-order valence-corrected chi connectivity index (χ0v) is 22.7. The van der Waals surface area contributed by atoms with E-state index >= 15 is 0 Å². The van der Waals surface area contributed by atoms with E-state index in [1.165, 1.54) is 13.2 Å². The van der Waals surface area contributed by atoms with Crippen molar-refractivity contribution in [3.05, 3.63) is 83.4 Å². The van der Waals surface area contributed by atoms with Crippen LogP contribution in [0.4, 0.5) is 5.69 Å². The standard InChI is InChI=1S/C28H29N5O6S/c1-17-14-18(21-8-3-4-9-24(21)40(31,36)37)10-11-22(17)32-27(35)28(13-12-25(34)38-2)16-23(33-39-28)19-6-5-7-20(15-19)26(29)30/h3-11,14-15H,12-13,16H2,1-2H3,(H3,29,30)(H,32,35)(H2,31,36,37). The van der Waals surface area contributed by atoms with Gasteiger partial charge in [-0.25, -0.2) is 13.6 Å². The summed E-state index contributed by atoms with van der Waals surface area (Å²) in [7, 11) is -2.69. The van der Waals surface area contributed by atoms with E-state index in [-0.39, 0.29) is 30.0 Å². The molecule has 0 spiro atoms. The van der Waals surface area contributed by atoms with Gasteiger partial charge in [0.2, 0.25) is 15.6 Å². The molecular weight excluding hydrogens is 534 g/mol. The lowest BCUT2D eigenvalue weighted by molar-refractivity contribution is -0.146. The van der Waals surface area contributed by atoms with Crippen LogP contribution >= 0.6 is 0 Å². The van der Waals surface area contributed by atoms with E-state index in [9.17, 15) is 18.0 Å². The molecule has 0 bridgehead atoms. The Morgan fingerprint density at radius 3 is 2.52 bits per heavy atom. The van der Waals surface area contributed by atoms with Gasteiger partial charge in [0.25, 0.3) is 5.91 Å². The average Bonchev–Trinajstić information content (AvgIpc) is 3.38. The second-order valence-electron chi connectivity index (χ2n) is 9.40. The summed E-state index contributed by atoms with van der Waals surface area (Å²) >= 11 is 0. The first-order chi connectivity index (χ1) is 18.9. The van der Waals surface area contributed by atoms with Crippen LogP contribution in [0.3, 0.4) is 0 Å². The lowest BCUT2D eigenvalue weighted by atomic mass is 9.88. The smallest absolute Gasteiger partial charge is 0.305 e. The largest absolute Gasteiger partial charge is 0.469 e. The maximum Gasteiger partial charge on any atom is 0.305 e. The first-order valence-electron chi connectivity index (χ1n) is 12.2. The summed E-state index contributed by atoms with van der Waals surface area (Å²) in [5.41, 5.74) is 7.88. The fraction of sp³-hybridized carbons (Fsp3) is 0.214. The van der Waals surface area contributed by atoms with Crippen molar-refractivity contribution in [1.82, 2.24) is 0 Å². The summed E-state index contributed by atoms with van der Waals surface area (Å²) in [6, 6.07) is 18.3. The molecule has 1 aliphatic rings. The topological polar surface area (TPSA) is 187 Å². The number of carbonyl (C=O) groups excluding carboxylic acids is 2. The molecule has 0 saturated carbocycles. The summed E-state index contributed by atoms with van der Waals surface area (Å²) in [6.07, 6.45) is -0.0116. The Morgan fingerprint density at radius 1 is 1.10 bits per heavy atom. The van der Waals surface area contributed by atoms with Crippen molar-refractivity contribution >= 4 is 39.1 Å². The SMILES string of the molecule is COC(=O)CCC1(C(=O)Nc2ccc(-c3ccccc3S(N)(=O)=O)cc2C)CC(c2cccc(C(=N)N)c2)=NO1. The summed E-state index contributed by atoms with van der Waals surface area (Å²) in [6.45, 7) is 1.77. The van der Waals surface area contributed by atoms with Crippen LogP contribution in [-0.4, -0.2) is 44.6 Å². The van der Waals surface area contributed by atoms with Gasteiger partial charge in [-0.05, 0) is 42.3 Å². The van der Waals surface area contributed by atoms with E-state index < -0.39 is 27.5 Å². The van der Waals surface area contributed by atoms with Gasteiger partial charge < -0.3 is 20.6 Å². The Hall–Kier alpha value is -4.55. The number of nitrogen functional groups attached to an aromatic ring is 1. The van der Waals surface area contributed by atoms with Crippen LogP contribution in [0.25, 0.3) is 11.1 Å². The quantitative estimate of drug-likeness (QED) is 0.175. The van der Waals surface area contributed by atoms with Crippen LogP contribution in [0.1, 0.15) is 36.0 Å². The number of nitrogens with two attached hydrogens (primary N) is 2. The normalized spacial score (nSPS) is 16.5. The molecule has 0 aromatic heterocycles. The minimum absolute atomic E-state index is 0.00374. The Balaban J connectivity index is 1.61. The molecule has 208 valence electrons. The number of esters is 1. The lowest BCUT2D eigenvalue weighted by Crippen LogP contribution is -2.44. The monoisotopic (exact) mass is 563 g/mol. The van der Waals surface area contributed by atoms with Gasteiger partial charge in [-0.1, -0.05) is 47.6 Å². The highest BCUT2D eigenvalue weighted by Crippen LogP contribution is 2.35. The summed E-state index contributed by atoms with van der Waals surface area (Å²) in [5.74, 6) is -1.13. The number of nitrogens with zero attached hydrogens (tertiary/aromatic N) is 1. The number of benzene rings is 3. The Morgan fingerprint density at radius 2 is 1.85 bits per heavy atom. The van der Waals surface area contributed by atoms with E-state index in [4.69, 9.17) is 25.9 Å². The molecule has 1 heterocycles. The first kappa shape index (κ1) is 28.5. The maximum absolute atomic E-state index is 13.7. The predicted octanol–water partition coefficient (Wildman–Crippen LogP) is 3.05. The summed E-state index contributed by atoms with van der Waals surface area (Å²) in [5, 5.41) is 20.1. The molecule has 0 radical (unpaired) electrons. The highest BCUT2D eigenvalue weighted by molar-refractivity contribution is 7.89. The molecule has 1 amide bonds. The fourth-order valence-electron chi connectivity index (χ4n) is 4.43. The molecule has 3 aromatic rings. The highest BCUT2D eigenvalue weighted by atomic mass is 32.2. The molecule has 12 heteroatoms. The van der Waals surface area contributed by atoms with Gasteiger partial charge in [0.05, 0.1) is 17.7 Å². The number of anilines is 1. The zero-order chi connectivity index (χ0) is 29.1. The van der Waals surface area contributed by atoms with Crippen molar-refractivity contribution in [3.63, 3.8) is 0 Å². The number of methoxy groups -OCH3 is 1. The average molecular weight is 564 g/mol.